The third-order valence-electron chi connectivity index (χ3n) is 5.50. The van der Waals surface area contributed by atoms with Crippen LogP contribution in [-0.2, 0) is 4.79 Å². The quantitative estimate of drug-likeness (QED) is 0.670. The molecule has 1 N–H and O–H groups in total. The van der Waals surface area contributed by atoms with Crippen molar-refractivity contribution in [1.82, 2.24) is 10.2 Å². The molecule has 132 valence electrons. The van der Waals surface area contributed by atoms with Gasteiger partial charge in [-0.25, -0.2) is 4.79 Å². The Labute approximate surface area is 145 Å². The Morgan fingerprint density at radius 3 is 2.88 bits per heavy atom. The summed E-state index contributed by atoms with van der Waals surface area (Å²) in [6.45, 7) is 1.85. The molecule has 3 aliphatic rings. The molecule has 1 spiro atoms. The maximum atomic E-state index is 12.9. The molecule has 2 heterocycles. The number of amides is 3. The normalized spacial score (nSPS) is 27.7. The summed E-state index contributed by atoms with van der Waals surface area (Å²) in [6.07, 6.45) is 3.49. The largest absolute Gasteiger partial charge is 0.454 e. The summed E-state index contributed by atoms with van der Waals surface area (Å²) in [5.41, 5.74) is -0.452. The molecule has 2 aliphatic heterocycles. The van der Waals surface area contributed by atoms with Gasteiger partial charge in [0.25, 0.3) is 5.91 Å². The first-order valence-electron chi connectivity index (χ1n) is 8.58. The number of hydrogen-bond donors (Lipinski definition) is 1. The first-order chi connectivity index (χ1) is 12.0. The molecule has 1 aromatic rings. The second kappa shape index (κ2) is 5.75. The summed E-state index contributed by atoms with van der Waals surface area (Å²) >= 11 is 0. The maximum Gasteiger partial charge on any atom is 0.325 e. The Bertz CT molecular complexity index is 762. The average Bonchev–Trinajstić information content (AvgIpc) is 3.16. The van der Waals surface area contributed by atoms with E-state index in [-0.39, 0.29) is 30.9 Å². The monoisotopic (exact) mass is 344 g/mol. The summed E-state index contributed by atoms with van der Waals surface area (Å²) < 4.78 is 10.5. The number of ketones is 1. The van der Waals surface area contributed by atoms with E-state index in [0.717, 1.165) is 24.2 Å². The topological polar surface area (TPSA) is 84.9 Å². The molecule has 0 radical (unpaired) electrons. The summed E-state index contributed by atoms with van der Waals surface area (Å²) in [7, 11) is 0. The highest BCUT2D eigenvalue weighted by molar-refractivity contribution is 6.11. The number of rotatable bonds is 3. The van der Waals surface area contributed by atoms with Gasteiger partial charge in [0.1, 0.15) is 5.54 Å². The van der Waals surface area contributed by atoms with Crippen molar-refractivity contribution >= 4 is 17.7 Å². The van der Waals surface area contributed by atoms with Crippen molar-refractivity contribution < 1.29 is 23.9 Å². The molecular formula is C18H20N2O5. The Hall–Kier alpha value is -2.57. The van der Waals surface area contributed by atoms with Crippen molar-refractivity contribution in [1.29, 1.82) is 0 Å². The van der Waals surface area contributed by atoms with E-state index in [1.165, 1.54) is 0 Å². The van der Waals surface area contributed by atoms with Gasteiger partial charge in [-0.2, -0.15) is 0 Å². The fourth-order valence-electron chi connectivity index (χ4n) is 3.94. The third kappa shape index (κ3) is 2.45. The molecule has 25 heavy (non-hydrogen) atoms. The van der Waals surface area contributed by atoms with Crippen LogP contribution in [0, 0.1) is 5.92 Å². The minimum Gasteiger partial charge on any atom is -0.454 e. The Morgan fingerprint density at radius 1 is 1.28 bits per heavy atom. The molecule has 2 fully saturated rings. The zero-order valence-electron chi connectivity index (χ0n) is 14.0. The van der Waals surface area contributed by atoms with Crippen LogP contribution in [0.1, 0.15) is 43.0 Å². The van der Waals surface area contributed by atoms with Crippen LogP contribution in [-0.4, -0.2) is 41.5 Å². The third-order valence-corrected chi connectivity index (χ3v) is 5.50. The number of carbonyl (C=O) groups is 3. The van der Waals surface area contributed by atoms with Gasteiger partial charge in [-0.3, -0.25) is 14.5 Å². The lowest BCUT2D eigenvalue weighted by molar-refractivity contribution is -0.133. The predicted molar refractivity (Wildman–Crippen MR) is 87.5 cm³/mol. The van der Waals surface area contributed by atoms with E-state index in [1.807, 2.05) is 6.92 Å². The number of ether oxygens (including phenoxy) is 2. The molecular weight excluding hydrogens is 324 g/mol. The van der Waals surface area contributed by atoms with Crippen LogP contribution >= 0.6 is 0 Å². The number of nitrogens with one attached hydrogen (secondary N) is 1. The first-order valence-corrected chi connectivity index (χ1v) is 8.58. The minimum absolute atomic E-state index is 0.0725. The average molecular weight is 344 g/mol. The van der Waals surface area contributed by atoms with E-state index in [9.17, 15) is 14.4 Å². The number of urea groups is 1. The number of hydrogen-bond acceptors (Lipinski definition) is 5. The van der Waals surface area contributed by atoms with Crippen molar-refractivity contribution in [3.63, 3.8) is 0 Å². The molecule has 7 heteroatoms. The van der Waals surface area contributed by atoms with E-state index >= 15 is 0 Å². The van der Waals surface area contributed by atoms with Crippen LogP contribution in [0.15, 0.2) is 18.2 Å². The summed E-state index contributed by atoms with van der Waals surface area (Å²) in [6, 6.07) is 4.38. The highest BCUT2D eigenvalue weighted by Crippen LogP contribution is 2.38. The lowest BCUT2D eigenvalue weighted by atomic mass is 9.73. The van der Waals surface area contributed by atoms with E-state index in [4.69, 9.17) is 9.47 Å². The Balaban J connectivity index is 1.53. The Morgan fingerprint density at radius 2 is 2.08 bits per heavy atom. The molecule has 1 saturated carbocycles. The number of benzene rings is 1. The van der Waals surface area contributed by atoms with Crippen LogP contribution in [0.3, 0.4) is 0 Å². The highest BCUT2D eigenvalue weighted by Gasteiger charge is 2.55. The molecule has 1 aromatic carbocycles. The number of Topliss-reactive ketones (excluding diaryl/α,β-unsaturated/α-hetero) is 1. The van der Waals surface area contributed by atoms with Gasteiger partial charge >= 0.3 is 6.03 Å². The van der Waals surface area contributed by atoms with E-state index < -0.39 is 11.6 Å². The molecule has 1 aliphatic carbocycles. The second-order valence-corrected chi connectivity index (χ2v) is 6.93. The van der Waals surface area contributed by atoms with Crippen molar-refractivity contribution in [2.75, 3.05) is 13.3 Å². The van der Waals surface area contributed by atoms with Crippen LogP contribution in [0.4, 0.5) is 4.79 Å². The smallest absolute Gasteiger partial charge is 0.325 e. The van der Waals surface area contributed by atoms with E-state index in [1.54, 1.807) is 18.2 Å². The van der Waals surface area contributed by atoms with Crippen LogP contribution in [0.25, 0.3) is 0 Å². The van der Waals surface area contributed by atoms with Gasteiger partial charge in [0.15, 0.2) is 17.3 Å². The number of fused-ring (bicyclic) bond motifs is 1. The zero-order valence-corrected chi connectivity index (χ0v) is 14.0. The molecule has 7 nitrogen and oxygen atoms in total. The van der Waals surface area contributed by atoms with E-state index in [0.29, 0.717) is 23.5 Å². The molecule has 0 unspecified atom stereocenters. The van der Waals surface area contributed by atoms with Crippen LogP contribution in [0.5, 0.6) is 11.5 Å². The van der Waals surface area contributed by atoms with Crippen LogP contribution < -0.4 is 14.8 Å². The number of carbonyl (C=O) groups excluding carboxylic acids is 3. The summed E-state index contributed by atoms with van der Waals surface area (Å²) in [5.74, 6) is 0.575. The van der Waals surface area contributed by atoms with Crippen molar-refractivity contribution in [3.8, 4) is 11.5 Å². The molecule has 1 saturated heterocycles. The fourth-order valence-corrected chi connectivity index (χ4v) is 3.94. The molecule has 0 aromatic heterocycles. The van der Waals surface area contributed by atoms with Crippen molar-refractivity contribution in [2.45, 2.75) is 38.1 Å². The van der Waals surface area contributed by atoms with Gasteiger partial charge in [0.05, 0.1) is 6.54 Å². The maximum absolute atomic E-state index is 12.9. The molecule has 0 bridgehead atoms. The number of nitrogens with zero attached hydrogens (tertiary/aromatic N) is 1. The molecule has 3 amide bonds. The first kappa shape index (κ1) is 15.9. The predicted octanol–water partition coefficient (Wildman–Crippen LogP) is 2.10. The minimum atomic E-state index is -0.843. The van der Waals surface area contributed by atoms with E-state index in [2.05, 4.69) is 5.32 Å². The Kier molecular flexibility index (Phi) is 3.67. The van der Waals surface area contributed by atoms with Gasteiger partial charge < -0.3 is 14.8 Å². The molecule has 4 rings (SSSR count). The molecule has 2 atom stereocenters. The van der Waals surface area contributed by atoms with Gasteiger partial charge in [0, 0.05) is 5.56 Å². The second-order valence-electron chi connectivity index (χ2n) is 6.93. The highest BCUT2D eigenvalue weighted by atomic mass is 16.7. The lowest BCUT2D eigenvalue weighted by Gasteiger charge is -2.36. The van der Waals surface area contributed by atoms with Crippen LogP contribution in [0.2, 0.25) is 0 Å². The zero-order chi connectivity index (χ0) is 17.6. The fraction of sp³-hybridized carbons (Fsp3) is 0.500. The van der Waals surface area contributed by atoms with Crippen molar-refractivity contribution in [2.24, 2.45) is 5.92 Å². The lowest BCUT2D eigenvalue weighted by Crippen LogP contribution is -2.54. The van der Waals surface area contributed by atoms with Gasteiger partial charge in [-0.05, 0) is 37.0 Å². The standard InChI is InChI=1S/C18H20N2O5/c1-11-4-2-3-7-18(11)16(22)20(17(23)19-18)9-13(21)12-5-6-14-15(8-12)25-10-24-14/h5-6,8,11H,2-4,7,9-10H2,1H3,(H,19,23)/t11-,18-/m0/s1. The van der Waals surface area contributed by atoms with Crippen molar-refractivity contribution in [3.05, 3.63) is 23.8 Å². The van der Waals surface area contributed by atoms with Gasteiger partial charge in [-0.15, -0.1) is 0 Å². The SMILES string of the molecule is C[C@H]1CCCC[C@]12NC(=O)N(CC(=O)c1ccc3c(c1)OCO3)C2=O. The van der Waals surface area contributed by atoms with Gasteiger partial charge in [-0.1, -0.05) is 19.8 Å². The number of imide groups is 1. The summed E-state index contributed by atoms with van der Waals surface area (Å²) in [4.78, 5) is 38.9. The summed E-state index contributed by atoms with van der Waals surface area (Å²) in [5, 5.41) is 2.86. The van der Waals surface area contributed by atoms with Gasteiger partial charge in [0.2, 0.25) is 6.79 Å².